The van der Waals surface area contributed by atoms with Crippen LogP contribution in [0.5, 0.6) is 0 Å². The molecule has 0 bridgehead atoms. The molecule has 3 heteroatoms. The Balaban J connectivity index is 0.000000423. The first-order valence-corrected chi connectivity index (χ1v) is 6.15. The molecule has 0 saturated carbocycles. The van der Waals surface area contributed by atoms with Gasteiger partial charge in [0.25, 0.3) is 0 Å². The zero-order valence-corrected chi connectivity index (χ0v) is 10.3. The SMILES string of the molecule is CCCO.Cc1ccccc1SCCO. The lowest BCUT2D eigenvalue weighted by atomic mass is 10.2. The summed E-state index contributed by atoms with van der Waals surface area (Å²) in [4.78, 5) is 1.27. The molecule has 0 atom stereocenters. The van der Waals surface area contributed by atoms with E-state index in [1.54, 1.807) is 11.8 Å². The molecule has 0 heterocycles. The van der Waals surface area contributed by atoms with Crippen LogP contribution in [0.25, 0.3) is 0 Å². The van der Waals surface area contributed by atoms with E-state index in [1.807, 2.05) is 19.1 Å². The Morgan fingerprint density at radius 1 is 1.13 bits per heavy atom. The molecule has 1 rings (SSSR count). The second-order valence-corrected chi connectivity index (χ2v) is 4.20. The number of benzene rings is 1. The summed E-state index contributed by atoms with van der Waals surface area (Å²) in [5.41, 5.74) is 1.28. The van der Waals surface area contributed by atoms with Crippen molar-refractivity contribution in [2.75, 3.05) is 19.0 Å². The van der Waals surface area contributed by atoms with Crippen LogP contribution < -0.4 is 0 Å². The number of aryl methyl sites for hydroxylation is 1. The third-order valence-corrected chi connectivity index (χ3v) is 2.82. The molecule has 0 unspecified atom stereocenters. The highest BCUT2D eigenvalue weighted by Gasteiger charge is 1.95. The van der Waals surface area contributed by atoms with Gasteiger partial charge in [0.15, 0.2) is 0 Å². The van der Waals surface area contributed by atoms with Crippen LogP contribution in [0.3, 0.4) is 0 Å². The van der Waals surface area contributed by atoms with Crippen LogP contribution in [-0.2, 0) is 0 Å². The van der Waals surface area contributed by atoms with Gasteiger partial charge in [-0.25, -0.2) is 0 Å². The Morgan fingerprint density at radius 2 is 1.73 bits per heavy atom. The van der Waals surface area contributed by atoms with Crippen molar-refractivity contribution in [1.29, 1.82) is 0 Å². The summed E-state index contributed by atoms with van der Waals surface area (Å²) in [6.45, 7) is 4.58. The summed E-state index contributed by atoms with van der Waals surface area (Å²) in [6, 6.07) is 8.21. The molecule has 0 spiro atoms. The first-order valence-electron chi connectivity index (χ1n) is 5.16. The van der Waals surface area contributed by atoms with Crippen LogP contribution in [-0.4, -0.2) is 29.2 Å². The fourth-order valence-corrected chi connectivity index (χ4v) is 1.66. The lowest BCUT2D eigenvalue weighted by molar-refractivity contribution is 0.295. The smallest absolute Gasteiger partial charge is 0.0525 e. The summed E-state index contributed by atoms with van der Waals surface area (Å²) < 4.78 is 0. The van der Waals surface area contributed by atoms with Crippen LogP contribution in [0.2, 0.25) is 0 Å². The Bertz CT molecular complexity index is 249. The molecule has 0 radical (unpaired) electrons. The number of rotatable bonds is 4. The van der Waals surface area contributed by atoms with Gasteiger partial charge in [-0.1, -0.05) is 25.1 Å². The number of hydrogen-bond donors (Lipinski definition) is 2. The van der Waals surface area contributed by atoms with Gasteiger partial charge in [-0.2, -0.15) is 0 Å². The van der Waals surface area contributed by atoms with E-state index in [9.17, 15) is 0 Å². The minimum Gasteiger partial charge on any atom is -0.396 e. The van der Waals surface area contributed by atoms with E-state index in [0.717, 1.165) is 12.2 Å². The lowest BCUT2D eigenvalue weighted by Gasteiger charge is -2.01. The highest BCUT2D eigenvalue weighted by atomic mass is 32.2. The van der Waals surface area contributed by atoms with Crippen molar-refractivity contribution in [3.8, 4) is 0 Å². The van der Waals surface area contributed by atoms with E-state index in [1.165, 1.54) is 10.5 Å². The summed E-state index contributed by atoms with van der Waals surface area (Å²) in [5, 5.41) is 16.5. The maximum absolute atomic E-state index is 8.60. The molecular formula is C12H20O2S. The normalized spacial score (nSPS) is 9.33. The van der Waals surface area contributed by atoms with E-state index >= 15 is 0 Å². The van der Waals surface area contributed by atoms with Crippen molar-refractivity contribution >= 4 is 11.8 Å². The summed E-state index contributed by atoms with van der Waals surface area (Å²) in [6.07, 6.45) is 0.875. The van der Waals surface area contributed by atoms with E-state index in [2.05, 4.69) is 19.1 Å². The maximum atomic E-state index is 8.60. The molecule has 0 fully saturated rings. The number of hydrogen-bond acceptors (Lipinski definition) is 3. The quantitative estimate of drug-likeness (QED) is 0.778. The van der Waals surface area contributed by atoms with Crippen molar-refractivity contribution in [3.05, 3.63) is 29.8 Å². The molecule has 0 aliphatic rings. The highest BCUT2D eigenvalue weighted by Crippen LogP contribution is 2.20. The van der Waals surface area contributed by atoms with Gasteiger partial charge in [-0.05, 0) is 25.0 Å². The third kappa shape index (κ3) is 7.42. The minimum atomic E-state index is 0.249. The number of thioether (sulfide) groups is 1. The molecule has 2 N–H and O–H groups in total. The van der Waals surface area contributed by atoms with E-state index in [-0.39, 0.29) is 6.61 Å². The molecule has 1 aromatic carbocycles. The van der Waals surface area contributed by atoms with Crippen LogP contribution in [0.4, 0.5) is 0 Å². The molecule has 15 heavy (non-hydrogen) atoms. The van der Waals surface area contributed by atoms with Gasteiger partial charge in [0.1, 0.15) is 0 Å². The van der Waals surface area contributed by atoms with Gasteiger partial charge >= 0.3 is 0 Å². The lowest BCUT2D eigenvalue weighted by Crippen LogP contribution is -1.86. The van der Waals surface area contributed by atoms with Gasteiger partial charge in [0.2, 0.25) is 0 Å². The van der Waals surface area contributed by atoms with Crippen LogP contribution in [0.15, 0.2) is 29.2 Å². The predicted molar refractivity (Wildman–Crippen MR) is 66.4 cm³/mol. The van der Waals surface area contributed by atoms with Gasteiger partial charge in [0, 0.05) is 17.3 Å². The highest BCUT2D eigenvalue weighted by molar-refractivity contribution is 7.99. The standard InChI is InChI=1S/C9H12OS.C3H8O/c1-8-4-2-3-5-9(8)11-7-6-10;1-2-3-4/h2-5,10H,6-7H2,1H3;4H,2-3H2,1H3. The van der Waals surface area contributed by atoms with Gasteiger partial charge in [-0.3, -0.25) is 0 Å². The van der Waals surface area contributed by atoms with Crippen molar-refractivity contribution in [2.24, 2.45) is 0 Å². The number of aliphatic hydroxyl groups is 2. The first kappa shape index (κ1) is 14.5. The molecule has 0 aromatic heterocycles. The van der Waals surface area contributed by atoms with Gasteiger partial charge in [0.05, 0.1) is 6.61 Å². The fourth-order valence-electron chi connectivity index (χ4n) is 0.874. The third-order valence-electron chi connectivity index (χ3n) is 1.67. The van der Waals surface area contributed by atoms with E-state index < -0.39 is 0 Å². The second-order valence-electron chi connectivity index (χ2n) is 3.06. The van der Waals surface area contributed by atoms with Crippen molar-refractivity contribution in [1.82, 2.24) is 0 Å². The average Bonchev–Trinajstić information content (AvgIpc) is 2.28. The molecule has 0 amide bonds. The monoisotopic (exact) mass is 228 g/mol. The number of aliphatic hydroxyl groups excluding tert-OH is 2. The van der Waals surface area contributed by atoms with E-state index in [0.29, 0.717) is 6.61 Å². The average molecular weight is 228 g/mol. The molecule has 0 saturated heterocycles. The molecule has 0 aliphatic heterocycles. The van der Waals surface area contributed by atoms with Crippen molar-refractivity contribution < 1.29 is 10.2 Å². The topological polar surface area (TPSA) is 40.5 Å². The molecule has 0 aliphatic carbocycles. The van der Waals surface area contributed by atoms with Crippen LogP contribution >= 0.6 is 11.8 Å². The summed E-state index contributed by atoms with van der Waals surface area (Å²) >= 11 is 1.70. The largest absolute Gasteiger partial charge is 0.396 e. The molecular weight excluding hydrogens is 208 g/mol. The fraction of sp³-hybridized carbons (Fsp3) is 0.500. The Hall–Kier alpha value is -0.510. The van der Waals surface area contributed by atoms with Gasteiger partial charge in [-0.15, -0.1) is 11.8 Å². The molecule has 2 nitrogen and oxygen atoms in total. The van der Waals surface area contributed by atoms with Gasteiger partial charge < -0.3 is 10.2 Å². The zero-order valence-electron chi connectivity index (χ0n) is 9.44. The first-order chi connectivity index (χ1) is 7.26. The Kier molecular flexibility index (Phi) is 9.68. The maximum Gasteiger partial charge on any atom is 0.0525 e. The Labute approximate surface area is 96.3 Å². The Morgan fingerprint density at radius 3 is 2.20 bits per heavy atom. The summed E-state index contributed by atoms with van der Waals surface area (Å²) in [7, 11) is 0. The second kappa shape index (κ2) is 10.0. The van der Waals surface area contributed by atoms with Crippen LogP contribution in [0.1, 0.15) is 18.9 Å². The zero-order chi connectivity index (χ0) is 11.5. The predicted octanol–water partition coefficient (Wildman–Crippen LogP) is 2.47. The summed E-state index contributed by atoms with van der Waals surface area (Å²) in [5.74, 6) is 0.783. The molecule has 86 valence electrons. The minimum absolute atomic E-state index is 0.249. The van der Waals surface area contributed by atoms with E-state index in [4.69, 9.17) is 10.2 Å². The van der Waals surface area contributed by atoms with Crippen LogP contribution in [0, 0.1) is 6.92 Å². The van der Waals surface area contributed by atoms with Crippen molar-refractivity contribution in [3.63, 3.8) is 0 Å². The van der Waals surface area contributed by atoms with Crippen molar-refractivity contribution in [2.45, 2.75) is 25.2 Å². The molecule has 1 aromatic rings.